The number of carbonyl (C=O) groups excluding carboxylic acids is 3. The van der Waals surface area contributed by atoms with Gasteiger partial charge in [0, 0.05) is 36.8 Å². The van der Waals surface area contributed by atoms with Gasteiger partial charge in [-0.25, -0.2) is 0 Å². The average molecular weight is 307 g/mol. The van der Waals surface area contributed by atoms with Gasteiger partial charge in [0.1, 0.15) is 0 Å². The van der Waals surface area contributed by atoms with Crippen LogP contribution in [0.15, 0.2) is 29.2 Å². The Balaban J connectivity index is 1.93. The van der Waals surface area contributed by atoms with Crippen LogP contribution in [0.3, 0.4) is 0 Å². The van der Waals surface area contributed by atoms with Crippen LogP contribution in [0.1, 0.15) is 0 Å². The molecule has 1 N–H and O–H groups in total. The van der Waals surface area contributed by atoms with Gasteiger partial charge in [-0.15, -0.1) is 11.8 Å². The summed E-state index contributed by atoms with van der Waals surface area (Å²) in [6.45, 7) is 1.70. The van der Waals surface area contributed by atoms with E-state index in [4.69, 9.17) is 0 Å². The standard InChI is InChI=1S/C14H17N3O3S/c1-21-12-4-2-3-11(9-12)15-13(19)14(20)17-7-5-16(10-18)6-8-17/h2-4,9-10H,5-8H2,1H3,(H,15,19). The first-order chi connectivity index (χ1) is 10.1. The van der Waals surface area contributed by atoms with Gasteiger partial charge in [0.15, 0.2) is 0 Å². The molecule has 1 aromatic rings. The highest BCUT2D eigenvalue weighted by Gasteiger charge is 2.25. The molecule has 0 atom stereocenters. The molecule has 0 saturated carbocycles. The van der Waals surface area contributed by atoms with E-state index in [-0.39, 0.29) is 0 Å². The lowest BCUT2D eigenvalue weighted by Gasteiger charge is -2.31. The van der Waals surface area contributed by atoms with E-state index < -0.39 is 11.8 Å². The molecule has 1 aliphatic heterocycles. The Morgan fingerprint density at radius 3 is 2.57 bits per heavy atom. The second kappa shape index (κ2) is 7.12. The molecule has 0 aromatic heterocycles. The monoisotopic (exact) mass is 307 g/mol. The molecule has 3 amide bonds. The van der Waals surface area contributed by atoms with Crippen molar-refractivity contribution in [3.63, 3.8) is 0 Å². The summed E-state index contributed by atoms with van der Waals surface area (Å²) in [5.74, 6) is -1.21. The predicted molar refractivity (Wildman–Crippen MR) is 81.1 cm³/mol. The van der Waals surface area contributed by atoms with Crippen LogP contribution >= 0.6 is 11.8 Å². The molecule has 2 rings (SSSR count). The minimum atomic E-state index is -0.646. The smallest absolute Gasteiger partial charge is 0.313 e. The molecule has 0 radical (unpaired) electrons. The van der Waals surface area contributed by atoms with Gasteiger partial charge in [-0.1, -0.05) is 6.07 Å². The maximum Gasteiger partial charge on any atom is 0.313 e. The van der Waals surface area contributed by atoms with Crippen molar-refractivity contribution in [1.82, 2.24) is 9.80 Å². The Hall–Kier alpha value is -2.02. The van der Waals surface area contributed by atoms with E-state index in [9.17, 15) is 14.4 Å². The molecule has 1 heterocycles. The van der Waals surface area contributed by atoms with Crippen molar-refractivity contribution in [2.24, 2.45) is 0 Å². The molecule has 0 spiro atoms. The molecule has 1 saturated heterocycles. The van der Waals surface area contributed by atoms with Crippen LogP contribution in [-0.2, 0) is 14.4 Å². The van der Waals surface area contributed by atoms with E-state index in [1.165, 1.54) is 4.90 Å². The van der Waals surface area contributed by atoms with Crippen molar-refractivity contribution < 1.29 is 14.4 Å². The fraction of sp³-hybridized carbons (Fsp3) is 0.357. The number of rotatable bonds is 3. The number of carbonyl (C=O) groups is 3. The molecule has 1 fully saturated rings. The van der Waals surface area contributed by atoms with Gasteiger partial charge in [0.2, 0.25) is 6.41 Å². The first kappa shape index (κ1) is 15.4. The molecular weight excluding hydrogens is 290 g/mol. The highest BCUT2D eigenvalue weighted by molar-refractivity contribution is 7.98. The largest absolute Gasteiger partial charge is 0.342 e. The van der Waals surface area contributed by atoms with Gasteiger partial charge in [-0.3, -0.25) is 14.4 Å². The topological polar surface area (TPSA) is 69.7 Å². The average Bonchev–Trinajstić information content (AvgIpc) is 2.54. The number of hydrogen-bond acceptors (Lipinski definition) is 4. The van der Waals surface area contributed by atoms with Gasteiger partial charge in [0.05, 0.1) is 0 Å². The van der Waals surface area contributed by atoms with Crippen molar-refractivity contribution in [2.75, 3.05) is 37.8 Å². The lowest BCUT2D eigenvalue weighted by molar-refractivity contribution is -0.144. The summed E-state index contributed by atoms with van der Waals surface area (Å²) in [6, 6.07) is 7.32. The zero-order chi connectivity index (χ0) is 15.2. The summed E-state index contributed by atoms with van der Waals surface area (Å²) in [4.78, 5) is 38.7. The SMILES string of the molecule is CSc1cccc(NC(=O)C(=O)N2CCN(C=O)CC2)c1. The van der Waals surface area contributed by atoms with E-state index in [1.807, 2.05) is 24.5 Å². The zero-order valence-electron chi connectivity index (χ0n) is 11.7. The van der Waals surface area contributed by atoms with Crippen molar-refractivity contribution in [2.45, 2.75) is 4.90 Å². The van der Waals surface area contributed by atoms with Crippen LogP contribution < -0.4 is 5.32 Å². The number of amides is 3. The third-order valence-corrected chi connectivity index (χ3v) is 4.00. The van der Waals surface area contributed by atoms with E-state index >= 15 is 0 Å². The van der Waals surface area contributed by atoms with E-state index in [1.54, 1.807) is 22.7 Å². The third-order valence-electron chi connectivity index (χ3n) is 3.27. The van der Waals surface area contributed by atoms with E-state index in [0.717, 1.165) is 11.3 Å². The summed E-state index contributed by atoms with van der Waals surface area (Å²) < 4.78 is 0. The summed E-state index contributed by atoms with van der Waals surface area (Å²) in [6.07, 6.45) is 2.70. The Labute approximate surface area is 127 Å². The van der Waals surface area contributed by atoms with Crippen LogP contribution in [-0.4, -0.2) is 60.5 Å². The molecule has 1 aromatic carbocycles. The first-order valence-corrected chi connectivity index (χ1v) is 7.80. The van der Waals surface area contributed by atoms with E-state index in [2.05, 4.69) is 5.32 Å². The zero-order valence-corrected chi connectivity index (χ0v) is 12.6. The number of benzene rings is 1. The minimum absolute atomic E-state index is 0.385. The normalized spacial score (nSPS) is 14.7. The number of anilines is 1. The van der Waals surface area contributed by atoms with Crippen molar-refractivity contribution in [3.05, 3.63) is 24.3 Å². The Morgan fingerprint density at radius 1 is 1.24 bits per heavy atom. The van der Waals surface area contributed by atoms with Crippen LogP contribution in [0.5, 0.6) is 0 Å². The number of thioether (sulfide) groups is 1. The van der Waals surface area contributed by atoms with Crippen molar-refractivity contribution >= 4 is 35.7 Å². The summed E-state index contributed by atoms with van der Waals surface area (Å²) in [7, 11) is 0. The molecular formula is C14H17N3O3S. The molecule has 21 heavy (non-hydrogen) atoms. The van der Waals surface area contributed by atoms with Crippen LogP contribution in [0, 0.1) is 0 Å². The van der Waals surface area contributed by atoms with Crippen LogP contribution in [0.25, 0.3) is 0 Å². The maximum absolute atomic E-state index is 12.1. The van der Waals surface area contributed by atoms with Gasteiger partial charge >= 0.3 is 11.8 Å². The number of nitrogens with zero attached hydrogens (tertiary/aromatic N) is 2. The summed E-state index contributed by atoms with van der Waals surface area (Å²) in [5, 5.41) is 2.61. The number of hydrogen-bond donors (Lipinski definition) is 1. The highest BCUT2D eigenvalue weighted by atomic mass is 32.2. The first-order valence-electron chi connectivity index (χ1n) is 6.57. The molecule has 0 unspecified atom stereocenters. The molecule has 0 bridgehead atoms. The lowest BCUT2D eigenvalue weighted by atomic mass is 10.3. The summed E-state index contributed by atoms with van der Waals surface area (Å²) in [5.41, 5.74) is 0.603. The Bertz CT molecular complexity index is 542. The molecule has 7 heteroatoms. The van der Waals surface area contributed by atoms with Crippen molar-refractivity contribution in [3.8, 4) is 0 Å². The fourth-order valence-electron chi connectivity index (χ4n) is 2.06. The quantitative estimate of drug-likeness (QED) is 0.506. The predicted octanol–water partition coefficient (Wildman–Crippen LogP) is 0.648. The molecule has 1 aliphatic rings. The lowest BCUT2D eigenvalue weighted by Crippen LogP contribution is -2.51. The summed E-state index contributed by atoms with van der Waals surface area (Å²) >= 11 is 1.56. The van der Waals surface area contributed by atoms with Crippen LogP contribution in [0.4, 0.5) is 5.69 Å². The highest BCUT2D eigenvalue weighted by Crippen LogP contribution is 2.19. The molecule has 0 aliphatic carbocycles. The van der Waals surface area contributed by atoms with Gasteiger partial charge in [-0.05, 0) is 24.5 Å². The number of piperazine rings is 1. The third kappa shape index (κ3) is 3.98. The molecule has 6 nitrogen and oxygen atoms in total. The number of nitrogens with one attached hydrogen (secondary N) is 1. The van der Waals surface area contributed by atoms with Crippen molar-refractivity contribution in [1.29, 1.82) is 0 Å². The van der Waals surface area contributed by atoms with Gasteiger partial charge in [-0.2, -0.15) is 0 Å². The van der Waals surface area contributed by atoms with Gasteiger partial charge < -0.3 is 15.1 Å². The maximum atomic E-state index is 12.1. The second-order valence-corrected chi connectivity index (χ2v) is 5.50. The Morgan fingerprint density at radius 2 is 1.95 bits per heavy atom. The minimum Gasteiger partial charge on any atom is -0.342 e. The molecule has 112 valence electrons. The fourth-order valence-corrected chi connectivity index (χ4v) is 2.52. The van der Waals surface area contributed by atoms with Crippen LogP contribution in [0.2, 0.25) is 0 Å². The second-order valence-electron chi connectivity index (χ2n) is 4.62. The van der Waals surface area contributed by atoms with Gasteiger partial charge in [0.25, 0.3) is 0 Å². The Kier molecular flexibility index (Phi) is 5.21. The van der Waals surface area contributed by atoms with E-state index in [0.29, 0.717) is 31.9 Å².